The molecule has 10 heteroatoms. The number of carbonyl (C=O) groups is 3. The highest BCUT2D eigenvalue weighted by Gasteiger charge is 2.49. The van der Waals surface area contributed by atoms with Crippen molar-refractivity contribution in [3.05, 3.63) is 71.8 Å². The Balaban J connectivity index is 1.33. The normalized spacial score (nSPS) is 18.2. The van der Waals surface area contributed by atoms with Crippen molar-refractivity contribution in [2.45, 2.75) is 24.5 Å². The van der Waals surface area contributed by atoms with Crippen LogP contribution in [0.1, 0.15) is 18.1 Å². The predicted molar refractivity (Wildman–Crippen MR) is 123 cm³/mol. The van der Waals surface area contributed by atoms with Crippen LogP contribution in [0.4, 0.5) is 4.79 Å². The number of thioether (sulfide) groups is 1. The van der Waals surface area contributed by atoms with Crippen LogP contribution >= 0.6 is 11.8 Å². The summed E-state index contributed by atoms with van der Waals surface area (Å²) in [6.45, 7) is 3.62. The number of nitrogens with zero attached hydrogens (tertiary/aromatic N) is 4. The lowest BCUT2D eigenvalue weighted by Gasteiger charge is -2.22. The molecule has 3 heterocycles. The molecule has 33 heavy (non-hydrogen) atoms. The van der Waals surface area contributed by atoms with E-state index in [1.165, 1.54) is 11.8 Å². The van der Waals surface area contributed by atoms with Crippen LogP contribution < -0.4 is 10.7 Å². The second kappa shape index (κ2) is 7.89. The number of hydrogen-bond donors (Lipinski definition) is 2. The molecule has 1 saturated heterocycles. The van der Waals surface area contributed by atoms with E-state index < -0.39 is 23.4 Å². The first-order valence-corrected chi connectivity index (χ1v) is 11.2. The van der Waals surface area contributed by atoms with Gasteiger partial charge in [-0.15, -0.1) is 10.2 Å². The SMILES string of the molecule is Cc1cc2nnc(SCC(=O)NN3C(=O)N[C@@](C)(c4ccccc4)C3=O)n2c2ccccc12. The number of urea groups is 1. The van der Waals surface area contributed by atoms with Gasteiger partial charge in [-0.05, 0) is 37.1 Å². The maximum atomic E-state index is 13.0. The summed E-state index contributed by atoms with van der Waals surface area (Å²) in [7, 11) is 0. The van der Waals surface area contributed by atoms with Gasteiger partial charge in [-0.2, -0.15) is 5.01 Å². The largest absolute Gasteiger partial charge is 0.344 e. The van der Waals surface area contributed by atoms with Crippen molar-refractivity contribution in [1.82, 2.24) is 30.3 Å². The Morgan fingerprint density at radius 2 is 1.82 bits per heavy atom. The molecule has 0 spiro atoms. The summed E-state index contributed by atoms with van der Waals surface area (Å²) in [6, 6.07) is 18.0. The minimum atomic E-state index is -1.25. The highest BCUT2D eigenvalue weighted by molar-refractivity contribution is 7.99. The fraction of sp³-hybridized carbons (Fsp3) is 0.174. The predicted octanol–water partition coefficient (Wildman–Crippen LogP) is 2.78. The van der Waals surface area contributed by atoms with E-state index in [4.69, 9.17) is 0 Å². The van der Waals surface area contributed by atoms with Gasteiger partial charge in [0.15, 0.2) is 10.8 Å². The summed E-state index contributed by atoms with van der Waals surface area (Å²) in [5.41, 5.74) is 4.50. The van der Waals surface area contributed by atoms with Crippen molar-refractivity contribution >= 4 is 46.2 Å². The summed E-state index contributed by atoms with van der Waals surface area (Å²) in [6.07, 6.45) is 0. The standard InChI is InChI=1S/C23H20N6O3S/c1-14-12-18-25-26-22(28(18)17-11-7-6-10-16(14)17)33-13-19(30)27-29-20(31)23(2,24-21(29)32)15-8-4-3-5-9-15/h3-12H,13H2,1-2H3,(H,24,32)(H,27,30)/t23-/m0/s1. The molecule has 0 radical (unpaired) electrons. The summed E-state index contributed by atoms with van der Waals surface area (Å²) < 4.78 is 1.89. The zero-order valence-corrected chi connectivity index (χ0v) is 18.7. The van der Waals surface area contributed by atoms with Crippen molar-refractivity contribution < 1.29 is 14.4 Å². The topological polar surface area (TPSA) is 109 Å². The highest BCUT2D eigenvalue weighted by atomic mass is 32.2. The van der Waals surface area contributed by atoms with Crippen LogP contribution in [-0.2, 0) is 15.1 Å². The van der Waals surface area contributed by atoms with Gasteiger partial charge in [-0.3, -0.25) is 19.4 Å². The number of aromatic nitrogens is 3. The molecule has 2 N–H and O–H groups in total. The van der Waals surface area contributed by atoms with E-state index in [2.05, 4.69) is 20.9 Å². The van der Waals surface area contributed by atoms with Gasteiger partial charge in [-0.1, -0.05) is 60.3 Å². The van der Waals surface area contributed by atoms with Crippen molar-refractivity contribution in [2.24, 2.45) is 0 Å². The van der Waals surface area contributed by atoms with E-state index in [0.717, 1.165) is 21.5 Å². The lowest BCUT2D eigenvalue weighted by atomic mass is 9.92. The molecule has 1 aliphatic heterocycles. The summed E-state index contributed by atoms with van der Waals surface area (Å²) in [5, 5.41) is 13.4. The Morgan fingerprint density at radius 3 is 2.61 bits per heavy atom. The molecule has 1 atom stereocenters. The second-order valence-electron chi connectivity index (χ2n) is 7.91. The number of rotatable bonds is 5. The van der Waals surface area contributed by atoms with Gasteiger partial charge in [-0.25, -0.2) is 4.79 Å². The molecule has 9 nitrogen and oxygen atoms in total. The summed E-state index contributed by atoms with van der Waals surface area (Å²) in [5.74, 6) is -1.11. The number of hydrogen-bond acceptors (Lipinski definition) is 6. The number of para-hydroxylation sites is 1. The number of amides is 4. The fourth-order valence-corrected chi connectivity index (χ4v) is 4.71. The van der Waals surface area contributed by atoms with Gasteiger partial charge in [0, 0.05) is 5.39 Å². The lowest BCUT2D eigenvalue weighted by Crippen LogP contribution is -2.48. The maximum Gasteiger partial charge on any atom is 0.344 e. The van der Waals surface area contributed by atoms with Crippen LogP contribution in [0.3, 0.4) is 0 Å². The molecule has 1 fully saturated rings. The van der Waals surface area contributed by atoms with Crippen molar-refractivity contribution in [3.63, 3.8) is 0 Å². The highest BCUT2D eigenvalue weighted by Crippen LogP contribution is 2.28. The maximum absolute atomic E-state index is 13.0. The molecular weight excluding hydrogens is 440 g/mol. The third-order valence-corrected chi connectivity index (χ3v) is 6.61. The Labute approximate surface area is 193 Å². The van der Waals surface area contributed by atoms with Crippen LogP contribution in [0.15, 0.2) is 65.8 Å². The Bertz CT molecular complexity index is 1420. The molecule has 4 amide bonds. The summed E-state index contributed by atoms with van der Waals surface area (Å²) >= 11 is 1.18. The van der Waals surface area contributed by atoms with E-state index in [-0.39, 0.29) is 5.75 Å². The number of fused-ring (bicyclic) bond motifs is 3. The Hall–Kier alpha value is -3.92. The molecule has 0 aliphatic carbocycles. The molecule has 1 aliphatic rings. The molecule has 0 bridgehead atoms. The third kappa shape index (κ3) is 3.48. The average Bonchev–Trinajstić information content (AvgIpc) is 3.33. The van der Waals surface area contributed by atoms with Gasteiger partial charge in [0.1, 0.15) is 5.54 Å². The third-order valence-electron chi connectivity index (χ3n) is 5.68. The smallest absolute Gasteiger partial charge is 0.318 e. The first-order chi connectivity index (χ1) is 15.9. The zero-order chi connectivity index (χ0) is 23.2. The van der Waals surface area contributed by atoms with E-state index in [1.54, 1.807) is 31.2 Å². The number of hydrazine groups is 1. The number of imide groups is 1. The number of carbonyl (C=O) groups excluding carboxylic acids is 3. The van der Waals surface area contributed by atoms with Crippen LogP contribution in [0.2, 0.25) is 0 Å². The van der Waals surface area contributed by atoms with Gasteiger partial charge in [0.05, 0.1) is 11.3 Å². The number of aryl methyl sites for hydroxylation is 1. The van der Waals surface area contributed by atoms with E-state index in [0.29, 0.717) is 16.4 Å². The molecule has 4 aromatic rings. The van der Waals surface area contributed by atoms with Crippen LogP contribution in [0, 0.1) is 6.92 Å². The molecule has 0 unspecified atom stereocenters. The van der Waals surface area contributed by atoms with Gasteiger partial charge < -0.3 is 5.32 Å². The molecular formula is C23H20N6O3S. The molecule has 5 rings (SSSR count). The van der Waals surface area contributed by atoms with Crippen LogP contribution in [0.5, 0.6) is 0 Å². The Kier molecular flexibility index (Phi) is 5.01. The van der Waals surface area contributed by atoms with Crippen LogP contribution in [0.25, 0.3) is 16.6 Å². The van der Waals surface area contributed by atoms with Gasteiger partial charge in [0.25, 0.3) is 5.91 Å². The minimum Gasteiger partial charge on any atom is -0.318 e. The Morgan fingerprint density at radius 1 is 1.09 bits per heavy atom. The van der Waals surface area contributed by atoms with Crippen LogP contribution in [-0.4, -0.2) is 43.2 Å². The number of nitrogens with one attached hydrogen (secondary N) is 2. The first kappa shape index (κ1) is 21.0. The molecule has 0 saturated carbocycles. The van der Waals surface area contributed by atoms with E-state index >= 15 is 0 Å². The van der Waals surface area contributed by atoms with Crippen molar-refractivity contribution in [3.8, 4) is 0 Å². The number of pyridine rings is 1. The van der Waals surface area contributed by atoms with Crippen molar-refractivity contribution in [1.29, 1.82) is 0 Å². The fourth-order valence-electron chi connectivity index (χ4n) is 3.96. The zero-order valence-electron chi connectivity index (χ0n) is 17.9. The monoisotopic (exact) mass is 460 g/mol. The van der Waals surface area contributed by atoms with Gasteiger partial charge >= 0.3 is 6.03 Å². The quantitative estimate of drug-likeness (QED) is 0.350. The van der Waals surface area contributed by atoms with E-state index in [1.807, 2.05) is 47.7 Å². The number of benzene rings is 2. The molecule has 2 aromatic heterocycles. The average molecular weight is 461 g/mol. The summed E-state index contributed by atoms with van der Waals surface area (Å²) in [4.78, 5) is 38.0. The van der Waals surface area contributed by atoms with E-state index in [9.17, 15) is 14.4 Å². The molecule has 166 valence electrons. The molecule has 2 aromatic carbocycles. The lowest BCUT2D eigenvalue weighted by molar-refractivity contribution is -0.138. The van der Waals surface area contributed by atoms with Gasteiger partial charge in [0.2, 0.25) is 5.91 Å². The second-order valence-corrected chi connectivity index (χ2v) is 8.85. The van der Waals surface area contributed by atoms with Crippen molar-refractivity contribution in [2.75, 3.05) is 5.75 Å². The first-order valence-electron chi connectivity index (χ1n) is 10.3. The minimum absolute atomic E-state index is 0.0535.